The third-order valence-corrected chi connectivity index (χ3v) is 11.9. The van der Waals surface area contributed by atoms with E-state index < -0.39 is 66.8 Å². The fraction of sp³-hybridized carbons (Fsp3) is 0.787. The first-order valence-corrected chi connectivity index (χ1v) is 22.2. The topological polar surface area (TPSA) is 161 Å². The molecule has 2 saturated heterocycles. The Morgan fingerprint density at radius 1 is 0.949 bits per heavy atom. The minimum atomic E-state index is -1.38. The predicted octanol–water partition coefficient (Wildman–Crippen LogP) is 5.38. The normalized spacial score (nSPS) is 33.2. The summed E-state index contributed by atoms with van der Waals surface area (Å²) in [7, 11) is 4.04. The number of rotatable bonds is 12. The number of esters is 1. The molecule has 1 amide bonds. The molecule has 2 aliphatic rings. The molecule has 12 heteroatoms. The molecule has 1 aromatic carbocycles. The fourth-order valence-corrected chi connectivity index (χ4v) is 8.18. The molecule has 0 bridgehead atoms. The molecule has 14 atom stereocenters. The summed E-state index contributed by atoms with van der Waals surface area (Å²) in [6, 6.07) is 7.89. The molecule has 3 rings (SSSR count). The van der Waals surface area contributed by atoms with Gasteiger partial charge in [0.05, 0.1) is 42.4 Å². The molecule has 2 aliphatic heterocycles. The second kappa shape index (κ2) is 27.4. The number of benzene rings is 1. The first-order valence-electron chi connectivity index (χ1n) is 22.2. The van der Waals surface area contributed by atoms with Crippen LogP contribution in [0.5, 0.6) is 0 Å². The van der Waals surface area contributed by atoms with Crippen LogP contribution in [0.4, 0.5) is 0 Å². The highest BCUT2D eigenvalue weighted by Gasteiger charge is 2.42. The minimum Gasteiger partial charge on any atom is -0.459 e. The summed E-state index contributed by atoms with van der Waals surface area (Å²) in [5, 5.41) is 49.3. The summed E-state index contributed by atoms with van der Waals surface area (Å²) in [5.74, 6) is -2.30. The summed E-state index contributed by atoms with van der Waals surface area (Å²) in [6.07, 6.45) is 4.16. The number of carbonyl (C=O) groups is 2. The van der Waals surface area contributed by atoms with Crippen LogP contribution in [0.2, 0.25) is 0 Å². The molecule has 0 aromatic heterocycles. The largest absolute Gasteiger partial charge is 0.459 e. The number of hydrogen-bond acceptors (Lipinski definition) is 11. The molecule has 0 aliphatic carbocycles. The van der Waals surface area contributed by atoms with Gasteiger partial charge in [-0.3, -0.25) is 14.5 Å². The van der Waals surface area contributed by atoms with Crippen molar-refractivity contribution in [1.29, 1.82) is 0 Å². The van der Waals surface area contributed by atoms with Gasteiger partial charge in [-0.05, 0) is 96.9 Å². The molecule has 340 valence electrons. The number of nitrogens with one attached hydrogen (secondary N) is 1. The number of ether oxygens (including phenoxy) is 3. The highest BCUT2D eigenvalue weighted by atomic mass is 16.7. The van der Waals surface area contributed by atoms with Gasteiger partial charge in [-0.1, -0.05) is 72.7 Å². The van der Waals surface area contributed by atoms with Crippen molar-refractivity contribution in [3.63, 3.8) is 0 Å². The Labute approximate surface area is 357 Å². The fourth-order valence-electron chi connectivity index (χ4n) is 8.18. The monoisotopic (exact) mass is 834 g/mol. The van der Waals surface area contributed by atoms with Crippen molar-refractivity contribution in [3.05, 3.63) is 35.4 Å². The lowest BCUT2D eigenvalue weighted by atomic mass is 9.84. The van der Waals surface area contributed by atoms with E-state index in [-0.39, 0.29) is 36.3 Å². The number of aliphatic hydroxyl groups excluding tert-OH is 4. The van der Waals surface area contributed by atoms with Gasteiger partial charge < -0.3 is 44.9 Å². The third-order valence-electron chi connectivity index (χ3n) is 11.9. The van der Waals surface area contributed by atoms with E-state index >= 15 is 0 Å². The van der Waals surface area contributed by atoms with Crippen molar-refractivity contribution in [1.82, 2.24) is 15.1 Å². The number of aliphatic hydroxyl groups is 4. The zero-order valence-electron chi connectivity index (χ0n) is 38.7. The molecule has 1 aromatic rings. The molecule has 0 saturated carbocycles. The van der Waals surface area contributed by atoms with Gasteiger partial charge in [0.2, 0.25) is 5.91 Å². The van der Waals surface area contributed by atoms with E-state index in [2.05, 4.69) is 53.9 Å². The third kappa shape index (κ3) is 17.0. The average molecular weight is 834 g/mol. The van der Waals surface area contributed by atoms with Gasteiger partial charge in [-0.2, -0.15) is 0 Å². The van der Waals surface area contributed by atoms with Crippen LogP contribution in [-0.2, 0) is 30.2 Å². The quantitative estimate of drug-likeness (QED) is 0.105. The summed E-state index contributed by atoms with van der Waals surface area (Å²) in [5.41, 5.74) is 2.21. The molecular formula is C47H83N3O9. The zero-order valence-corrected chi connectivity index (χ0v) is 38.7. The van der Waals surface area contributed by atoms with E-state index in [4.69, 9.17) is 14.2 Å². The Morgan fingerprint density at radius 2 is 1.56 bits per heavy atom. The van der Waals surface area contributed by atoms with Gasteiger partial charge in [-0.15, -0.1) is 12.8 Å². The average Bonchev–Trinajstić information content (AvgIpc) is 3.21. The van der Waals surface area contributed by atoms with Gasteiger partial charge in [0.1, 0.15) is 12.2 Å². The smallest absolute Gasteiger partial charge is 0.311 e. The SMILES string of the molecule is C#C.CC.CC[C@H]1OC(=O)[C@H](C)[C@@H](O)[C@H](C)[C@@H](O[C@H]2C[C@@H](N(C)C)C[C@@H](C)O2)[C@H](O)C[C@@H](C)CN(CCCNC(=O)[C@H](C)c2ccc(CC(C)C)cc2)[C@H](C)[C@@H](O)[C@@H]1O. The lowest BCUT2D eigenvalue weighted by Crippen LogP contribution is -2.53. The summed E-state index contributed by atoms with van der Waals surface area (Å²) in [6.45, 7) is 22.6. The maximum absolute atomic E-state index is 13.4. The maximum atomic E-state index is 13.4. The Bertz CT molecular complexity index is 1340. The number of cyclic esters (lactones) is 1. The van der Waals surface area contributed by atoms with E-state index in [9.17, 15) is 30.0 Å². The number of terminal acetylenes is 1. The van der Waals surface area contributed by atoms with Crippen LogP contribution in [0.25, 0.3) is 0 Å². The van der Waals surface area contributed by atoms with Gasteiger partial charge in [0, 0.05) is 44.1 Å². The van der Waals surface area contributed by atoms with Gasteiger partial charge >= 0.3 is 5.97 Å². The number of amides is 1. The van der Waals surface area contributed by atoms with E-state index in [1.54, 1.807) is 20.8 Å². The van der Waals surface area contributed by atoms with Crippen LogP contribution in [0.1, 0.15) is 125 Å². The summed E-state index contributed by atoms with van der Waals surface area (Å²) >= 11 is 0. The standard InChI is InChI=1S/C43H75N3O9.C2H6.C2H2/c1-12-36-40(50)39(49)31(9)46(19-13-18-44-42(51)28(6)33-16-14-32(15-17-33)20-25(2)3)24-26(4)21-35(47)41(29(7)38(48)30(8)43(52)54-36)55-37-23-34(45(10)11)22-27(5)53-37;2*1-2/h14-17,25-31,34-41,47-50H,12-13,18-24H2,1-11H3,(H,44,51);1-2H3;1-2H/t26-,27-,28-,29+,30-,31-,34+,35-,36-,37+,38+,39-,40-,41-;;/m1../s1. The van der Waals surface area contributed by atoms with Crippen LogP contribution in [-0.4, -0.2) is 137 Å². The van der Waals surface area contributed by atoms with E-state index in [0.717, 1.165) is 18.4 Å². The Kier molecular flexibility index (Phi) is 25.2. The summed E-state index contributed by atoms with van der Waals surface area (Å²) in [4.78, 5) is 30.8. The molecular weight excluding hydrogens is 751 g/mol. The molecule has 0 spiro atoms. The number of nitrogens with zero attached hydrogens (tertiary/aromatic N) is 2. The van der Waals surface area contributed by atoms with Crippen molar-refractivity contribution in [2.45, 2.75) is 182 Å². The van der Waals surface area contributed by atoms with Gasteiger partial charge in [0.25, 0.3) is 0 Å². The predicted molar refractivity (Wildman–Crippen MR) is 236 cm³/mol. The second-order valence-corrected chi connectivity index (χ2v) is 17.4. The Balaban J connectivity index is 0.00000421. The minimum absolute atomic E-state index is 0.0633. The van der Waals surface area contributed by atoms with Crippen molar-refractivity contribution >= 4 is 11.9 Å². The number of carbonyl (C=O) groups excluding carboxylic acids is 2. The van der Waals surface area contributed by atoms with Crippen LogP contribution < -0.4 is 5.32 Å². The molecule has 5 N–H and O–H groups in total. The molecule has 59 heavy (non-hydrogen) atoms. The Morgan fingerprint density at radius 3 is 2.12 bits per heavy atom. The lowest BCUT2D eigenvalue weighted by molar-refractivity contribution is -0.251. The van der Waals surface area contributed by atoms with E-state index in [1.807, 2.05) is 67.8 Å². The van der Waals surface area contributed by atoms with Gasteiger partial charge in [0.15, 0.2) is 6.29 Å². The summed E-state index contributed by atoms with van der Waals surface area (Å²) < 4.78 is 18.5. The molecule has 2 fully saturated rings. The van der Waals surface area contributed by atoms with Crippen LogP contribution >= 0.6 is 0 Å². The molecule has 0 radical (unpaired) electrons. The second-order valence-electron chi connectivity index (χ2n) is 17.4. The van der Waals surface area contributed by atoms with Gasteiger partial charge in [-0.25, -0.2) is 0 Å². The first kappa shape index (κ1) is 54.4. The Hall–Kier alpha value is -2.60. The molecule has 2 heterocycles. The van der Waals surface area contributed by atoms with Crippen LogP contribution in [0.3, 0.4) is 0 Å². The molecule has 12 nitrogen and oxygen atoms in total. The van der Waals surface area contributed by atoms with E-state index in [0.29, 0.717) is 44.8 Å². The van der Waals surface area contributed by atoms with Crippen molar-refractivity contribution in [2.24, 2.45) is 23.7 Å². The van der Waals surface area contributed by atoms with Crippen LogP contribution in [0, 0.1) is 36.5 Å². The van der Waals surface area contributed by atoms with Crippen LogP contribution in [0.15, 0.2) is 24.3 Å². The highest BCUT2D eigenvalue weighted by molar-refractivity contribution is 5.83. The van der Waals surface area contributed by atoms with Crippen molar-refractivity contribution in [3.8, 4) is 12.8 Å². The molecule has 0 unspecified atom stereocenters. The highest BCUT2D eigenvalue weighted by Crippen LogP contribution is 2.31. The lowest BCUT2D eigenvalue weighted by Gasteiger charge is -2.41. The zero-order chi connectivity index (χ0) is 45.1. The first-order chi connectivity index (χ1) is 27.8. The van der Waals surface area contributed by atoms with E-state index in [1.165, 1.54) is 5.56 Å². The van der Waals surface area contributed by atoms with Crippen molar-refractivity contribution in [2.75, 3.05) is 33.7 Å². The van der Waals surface area contributed by atoms with Crippen molar-refractivity contribution < 1.29 is 44.2 Å². The number of hydrogen-bond donors (Lipinski definition) is 5. The maximum Gasteiger partial charge on any atom is 0.311 e.